The lowest BCUT2D eigenvalue weighted by atomic mass is 10.1. The van der Waals surface area contributed by atoms with Gasteiger partial charge >= 0.3 is 5.97 Å². The number of benzene rings is 2. The van der Waals surface area contributed by atoms with Crippen LogP contribution >= 0.6 is 0 Å². The first-order valence-corrected chi connectivity index (χ1v) is 5.99. The van der Waals surface area contributed by atoms with Gasteiger partial charge in [-0.05, 0) is 18.6 Å². The normalized spacial score (nSPS) is 9.95. The predicted octanol–water partition coefficient (Wildman–Crippen LogP) is 3.03. The third kappa shape index (κ3) is 3.28. The fourth-order valence-electron chi connectivity index (χ4n) is 1.72. The third-order valence-electron chi connectivity index (χ3n) is 2.80. The Labute approximate surface area is 111 Å². The Hall–Kier alpha value is -2.42. The number of carbonyl (C=O) groups is 2. The van der Waals surface area contributed by atoms with Crippen LogP contribution in [0.5, 0.6) is 0 Å². The summed E-state index contributed by atoms with van der Waals surface area (Å²) in [6.45, 7) is 1.59. The SMILES string of the molecule is Cc1ccccc1C(=O)OCC(=O)c1ccccc1. The van der Waals surface area contributed by atoms with E-state index < -0.39 is 5.97 Å². The first-order chi connectivity index (χ1) is 9.18. The van der Waals surface area contributed by atoms with Crippen molar-refractivity contribution in [3.63, 3.8) is 0 Å². The van der Waals surface area contributed by atoms with Crippen LogP contribution in [0.25, 0.3) is 0 Å². The van der Waals surface area contributed by atoms with Crippen LogP contribution < -0.4 is 0 Å². The van der Waals surface area contributed by atoms with Crippen LogP contribution in [0.2, 0.25) is 0 Å². The number of carbonyl (C=O) groups excluding carboxylic acids is 2. The summed E-state index contributed by atoms with van der Waals surface area (Å²) >= 11 is 0. The molecule has 0 heterocycles. The molecule has 0 aromatic heterocycles. The first-order valence-electron chi connectivity index (χ1n) is 5.99. The standard InChI is InChI=1S/C16H14O3/c1-12-7-5-6-10-14(12)16(18)19-11-15(17)13-8-3-2-4-9-13/h2-10H,11H2,1H3. The molecule has 0 N–H and O–H groups in total. The molecule has 0 unspecified atom stereocenters. The number of aryl methyl sites for hydroxylation is 1. The van der Waals surface area contributed by atoms with Crippen molar-refractivity contribution in [1.82, 2.24) is 0 Å². The molecule has 0 atom stereocenters. The van der Waals surface area contributed by atoms with E-state index in [0.717, 1.165) is 5.56 Å². The molecule has 2 aromatic rings. The molecule has 0 saturated carbocycles. The minimum absolute atomic E-state index is 0.206. The molecule has 2 aromatic carbocycles. The van der Waals surface area contributed by atoms with Gasteiger partial charge < -0.3 is 4.74 Å². The van der Waals surface area contributed by atoms with Crippen molar-refractivity contribution in [1.29, 1.82) is 0 Å². The maximum absolute atomic E-state index is 11.8. The minimum Gasteiger partial charge on any atom is -0.454 e. The van der Waals surface area contributed by atoms with E-state index in [1.165, 1.54) is 0 Å². The Balaban J connectivity index is 1.98. The lowest BCUT2D eigenvalue weighted by Gasteiger charge is -2.06. The van der Waals surface area contributed by atoms with Crippen LogP contribution in [0, 0.1) is 6.92 Å². The van der Waals surface area contributed by atoms with Gasteiger partial charge in [-0.3, -0.25) is 4.79 Å². The first kappa shape index (κ1) is 13.0. The van der Waals surface area contributed by atoms with E-state index in [0.29, 0.717) is 11.1 Å². The summed E-state index contributed by atoms with van der Waals surface area (Å²) < 4.78 is 5.04. The Morgan fingerprint density at radius 3 is 2.26 bits per heavy atom. The van der Waals surface area contributed by atoms with Crippen molar-refractivity contribution < 1.29 is 14.3 Å². The monoisotopic (exact) mass is 254 g/mol. The highest BCUT2D eigenvalue weighted by Crippen LogP contribution is 2.09. The Kier molecular flexibility index (Phi) is 4.08. The average Bonchev–Trinajstić information content (AvgIpc) is 2.46. The molecule has 19 heavy (non-hydrogen) atoms. The van der Waals surface area contributed by atoms with E-state index in [2.05, 4.69) is 0 Å². The number of hydrogen-bond donors (Lipinski definition) is 0. The second kappa shape index (κ2) is 5.96. The highest BCUT2D eigenvalue weighted by Gasteiger charge is 2.12. The van der Waals surface area contributed by atoms with Crippen molar-refractivity contribution >= 4 is 11.8 Å². The van der Waals surface area contributed by atoms with Crippen molar-refractivity contribution in [2.24, 2.45) is 0 Å². The molecule has 0 aliphatic rings. The zero-order chi connectivity index (χ0) is 13.7. The van der Waals surface area contributed by atoms with Crippen molar-refractivity contribution in [2.45, 2.75) is 6.92 Å². The highest BCUT2D eigenvalue weighted by molar-refractivity contribution is 5.99. The molecule has 96 valence electrons. The summed E-state index contributed by atoms with van der Waals surface area (Å²) in [7, 11) is 0. The lowest BCUT2D eigenvalue weighted by molar-refractivity contribution is 0.0474. The summed E-state index contributed by atoms with van der Waals surface area (Å²) in [5.41, 5.74) is 1.86. The molecule has 0 spiro atoms. The summed E-state index contributed by atoms with van der Waals surface area (Å²) in [6.07, 6.45) is 0. The van der Waals surface area contributed by atoms with Gasteiger partial charge in [0.15, 0.2) is 12.4 Å². The van der Waals surface area contributed by atoms with E-state index in [1.54, 1.807) is 36.4 Å². The largest absolute Gasteiger partial charge is 0.454 e. The van der Waals surface area contributed by atoms with Crippen LogP contribution in [-0.2, 0) is 4.74 Å². The van der Waals surface area contributed by atoms with Crippen LogP contribution in [0.15, 0.2) is 54.6 Å². The molecule has 3 heteroatoms. The number of ketones is 1. The highest BCUT2D eigenvalue weighted by atomic mass is 16.5. The maximum Gasteiger partial charge on any atom is 0.338 e. The van der Waals surface area contributed by atoms with Crippen molar-refractivity contribution in [3.05, 3.63) is 71.3 Å². The number of Topliss-reactive ketones (excluding diaryl/α,β-unsaturated/α-hetero) is 1. The summed E-state index contributed by atoms with van der Waals surface area (Å²) in [4.78, 5) is 23.6. The maximum atomic E-state index is 11.8. The van der Waals surface area contributed by atoms with Crippen molar-refractivity contribution in [2.75, 3.05) is 6.61 Å². The minimum atomic E-state index is -0.470. The van der Waals surface area contributed by atoms with E-state index >= 15 is 0 Å². The van der Waals surface area contributed by atoms with Crippen LogP contribution in [-0.4, -0.2) is 18.4 Å². The zero-order valence-electron chi connectivity index (χ0n) is 10.6. The Morgan fingerprint density at radius 1 is 0.947 bits per heavy atom. The molecular weight excluding hydrogens is 240 g/mol. The van der Waals surface area contributed by atoms with Crippen LogP contribution in [0.3, 0.4) is 0 Å². The average molecular weight is 254 g/mol. The molecule has 0 aliphatic heterocycles. The van der Waals surface area contributed by atoms with Crippen LogP contribution in [0.1, 0.15) is 26.3 Å². The number of ether oxygens (including phenoxy) is 1. The molecule has 0 radical (unpaired) electrons. The topological polar surface area (TPSA) is 43.4 Å². The van der Waals surface area contributed by atoms with Crippen molar-refractivity contribution in [3.8, 4) is 0 Å². The van der Waals surface area contributed by atoms with Gasteiger partial charge in [0.05, 0.1) is 5.56 Å². The van der Waals surface area contributed by atoms with Gasteiger partial charge in [-0.1, -0.05) is 48.5 Å². The number of esters is 1. The number of hydrogen-bond acceptors (Lipinski definition) is 3. The third-order valence-corrected chi connectivity index (χ3v) is 2.80. The van der Waals surface area contributed by atoms with E-state index in [9.17, 15) is 9.59 Å². The van der Waals surface area contributed by atoms with E-state index in [-0.39, 0.29) is 12.4 Å². The Morgan fingerprint density at radius 2 is 1.58 bits per heavy atom. The van der Waals surface area contributed by atoms with Gasteiger partial charge in [-0.25, -0.2) is 4.79 Å². The number of rotatable bonds is 4. The smallest absolute Gasteiger partial charge is 0.338 e. The van der Waals surface area contributed by atoms with E-state index in [4.69, 9.17) is 4.74 Å². The predicted molar refractivity (Wildman–Crippen MR) is 72.2 cm³/mol. The summed E-state index contributed by atoms with van der Waals surface area (Å²) in [5.74, 6) is -0.676. The molecule has 0 fully saturated rings. The molecule has 2 rings (SSSR count). The van der Waals surface area contributed by atoms with Gasteiger partial charge in [-0.2, -0.15) is 0 Å². The van der Waals surface area contributed by atoms with Crippen LogP contribution in [0.4, 0.5) is 0 Å². The zero-order valence-corrected chi connectivity index (χ0v) is 10.6. The summed E-state index contributed by atoms with van der Waals surface area (Å²) in [5, 5.41) is 0. The van der Waals surface area contributed by atoms with Gasteiger partial charge in [0.2, 0.25) is 0 Å². The molecule has 0 amide bonds. The van der Waals surface area contributed by atoms with E-state index in [1.807, 2.05) is 25.1 Å². The lowest BCUT2D eigenvalue weighted by Crippen LogP contribution is -2.14. The summed E-state index contributed by atoms with van der Waals surface area (Å²) in [6, 6.07) is 15.9. The van der Waals surface area contributed by atoms with Gasteiger partial charge in [0, 0.05) is 5.56 Å². The molecule has 3 nitrogen and oxygen atoms in total. The van der Waals surface area contributed by atoms with Gasteiger partial charge in [-0.15, -0.1) is 0 Å². The van der Waals surface area contributed by atoms with Gasteiger partial charge in [0.25, 0.3) is 0 Å². The molecule has 0 bridgehead atoms. The fraction of sp³-hybridized carbons (Fsp3) is 0.125. The van der Waals surface area contributed by atoms with Gasteiger partial charge in [0.1, 0.15) is 0 Å². The molecular formula is C16H14O3. The molecule has 0 saturated heterocycles. The second-order valence-corrected chi connectivity index (χ2v) is 4.18. The Bertz CT molecular complexity index is 588. The fourth-order valence-corrected chi connectivity index (χ4v) is 1.72. The second-order valence-electron chi connectivity index (χ2n) is 4.18. The molecule has 0 aliphatic carbocycles. The quantitative estimate of drug-likeness (QED) is 0.622.